The molecule has 2 atom stereocenters. The largest absolute Gasteiger partial charge is 0.481 e. The predicted molar refractivity (Wildman–Crippen MR) is 73.0 cm³/mol. The third kappa shape index (κ3) is 3.12. The van der Waals surface area contributed by atoms with Crippen molar-refractivity contribution in [3.8, 4) is 5.88 Å². The molecule has 1 saturated carbocycles. The molecule has 1 N–H and O–H groups in total. The number of ether oxygens (including phenoxy) is 1. The van der Waals surface area contributed by atoms with E-state index in [2.05, 4.69) is 22.2 Å². The van der Waals surface area contributed by atoms with E-state index in [1.807, 2.05) is 13.0 Å². The molecule has 2 rings (SSSR count). The van der Waals surface area contributed by atoms with Crippen LogP contribution in [0.3, 0.4) is 0 Å². The van der Waals surface area contributed by atoms with Gasteiger partial charge < -0.3 is 10.1 Å². The van der Waals surface area contributed by atoms with Crippen molar-refractivity contribution in [1.82, 2.24) is 9.97 Å². The van der Waals surface area contributed by atoms with Crippen LogP contribution in [0.5, 0.6) is 5.88 Å². The van der Waals surface area contributed by atoms with Gasteiger partial charge in [-0.3, -0.25) is 0 Å². The molecule has 0 saturated heterocycles. The second-order valence-electron chi connectivity index (χ2n) is 5.05. The van der Waals surface area contributed by atoms with Gasteiger partial charge in [0.1, 0.15) is 11.6 Å². The maximum atomic E-state index is 5.19. The van der Waals surface area contributed by atoms with Gasteiger partial charge in [-0.15, -0.1) is 0 Å². The van der Waals surface area contributed by atoms with E-state index < -0.39 is 0 Å². The zero-order valence-electron chi connectivity index (χ0n) is 11.6. The first-order valence-electron chi connectivity index (χ1n) is 6.89. The molecule has 0 aliphatic heterocycles. The minimum atomic E-state index is 0.544. The molecule has 4 nitrogen and oxygen atoms in total. The molecule has 0 amide bonds. The predicted octanol–water partition coefficient (Wildman–Crippen LogP) is 3.17. The zero-order valence-corrected chi connectivity index (χ0v) is 11.6. The highest BCUT2D eigenvalue weighted by Crippen LogP contribution is 2.29. The molecule has 0 bridgehead atoms. The molecular weight excluding hydrogens is 226 g/mol. The fraction of sp³-hybridized carbons (Fsp3) is 0.714. The quantitative estimate of drug-likeness (QED) is 0.890. The Labute approximate surface area is 109 Å². The molecule has 4 heteroatoms. The molecule has 2 unspecified atom stereocenters. The monoisotopic (exact) mass is 249 g/mol. The Morgan fingerprint density at radius 2 is 2.11 bits per heavy atom. The van der Waals surface area contributed by atoms with Crippen molar-refractivity contribution in [1.29, 1.82) is 0 Å². The van der Waals surface area contributed by atoms with Crippen LogP contribution in [0.25, 0.3) is 0 Å². The van der Waals surface area contributed by atoms with E-state index in [0.717, 1.165) is 17.6 Å². The first-order chi connectivity index (χ1) is 8.72. The van der Waals surface area contributed by atoms with Gasteiger partial charge in [0.25, 0.3) is 0 Å². The minimum Gasteiger partial charge on any atom is -0.481 e. The molecule has 1 aliphatic rings. The van der Waals surface area contributed by atoms with Gasteiger partial charge in [0.05, 0.1) is 7.11 Å². The first-order valence-corrected chi connectivity index (χ1v) is 6.89. The third-order valence-electron chi connectivity index (χ3n) is 3.79. The highest BCUT2D eigenvalue weighted by Gasteiger charge is 2.23. The van der Waals surface area contributed by atoms with Crippen molar-refractivity contribution in [2.24, 2.45) is 5.92 Å². The van der Waals surface area contributed by atoms with Crippen molar-refractivity contribution in [2.75, 3.05) is 12.4 Å². The SMILES string of the molecule is CCC1CCCCC1Nc1cc(OC)nc(C)n1. The van der Waals surface area contributed by atoms with E-state index in [4.69, 9.17) is 4.74 Å². The fourth-order valence-corrected chi connectivity index (χ4v) is 2.80. The van der Waals surface area contributed by atoms with Gasteiger partial charge in [0.2, 0.25) is 5.88 Å². The molecule has 1 heterocycles. The van der Waals surface area contributed by atoms with Crippen LogP contribution in [0.15, 0.2) is 6.07 Å². The van der Waals surface area contributed by atoms with Crippen LogP contribution in [-0.4, -0.2) is 23.1 Å². The van der Waals surface area contributed by atoms with Crippen LogP contribution in [0.2, 0.25) is 0 Å². The topological polar surface area (TPSA) is 47.0 Å². The van der Waals surface area contributed by atoms with Crippen LogP contribution in [0, 0.1) is 12.8 Å². The van der Waals surface area contributed by atoms with E-state index in [1.54, 1.807) is 7.11 Å². The van der Waals surface area contributed by atoms with Gasteiger partial charge >= 0.3 is 0 Å². The Balaban J connectivity index is 2.09. The lowest BCUT2D eigenvalue weighted by atomic mass is 9.83. The second-order valence-corrected chi connectivity index (χ2v) is 5.05. The van der Waals surface area contributed by atoms with Crippen LogP contribution in [0.1, 0.15) is 44.9 Å². The summed E-state index contributed by atoms with van der Waals surface area (Å²) in [5.74, 6) is 3.04. The number of nitrogens with zero attached hydrogens (tertiary/aromatic N) is 2. The maximum Gasteiger partial charge on any atom is 0.218 e. The summed E-state index contributed by atoms with van der Waals surface area (Å²) in [7, 11) is 1.64. The van der Waals surface area contributed by atoms with Crippen LogP contribution in [0.4, 0.5) is 5.82 Å². The summed E-state index contributed by atoms with van der Waals surface area (Å²) in [6, 6.07) is 2.43. The van der Waals surface area contributed by atoms with Crippen molar-refractivity contribution in [3.63, 3.8) is 0 Å². The third-order valence-corrected chi connectivity index (χ3v) is 3.79. The Morgan fingerprint density at radius 1 is 1.33 bits per heavy atom. The summed E-state index contributed by atoms with van der Waals surface area (Å²) in [4.78, 5) is 8.65. The lowest BCUT2D eigenvalue weighted by Crippen LogP contribution is -2.32. The molecule has 1 aromatic heterocycles. The molecule has 1 aliphatic carbocycles. The summed E-state index contributed by atoms with van der Waals surface area (Å²) < 4.78 is 5.19. The lowest BCUT2D eigenvalue weighted by molar-refractivity contribution is 0.316. The average molecular weight is 249 g/mol. The van der Waals surface area contributed by atoms with E-state index >= 15 is 0 Å². The summed E-state index contributed by atoms with van der Waals surface area (Å²) in [6.45, 7) is 4.17. The first kappa shape index (κ1) is 13.1. The number of aromatic nitrogens is 2. The fourth-order valence-electron chi connectivity index (χ4n) is 2.80. The van der Waals surface area contributed by atoms with Gasteiger partial charge in [0, 0.05) is 12.1 Å². The molecule has 1 fully saturated rings. The number of aryl methyl sites for hydroxylation is 1. The van der Waals surface area contributed by atoms with Crippen molar-refractivity contribution in [2.45, 2.75) is 52.0 Å². The summed E-state index contributed by atoms with van der Waals surface area (Å²) in [5, 5.41) is 3.57. The van der Waals surface area contributed by atoms with E-state index in [1.165, 1.54) is 32.1 Å². The molecule has 0 aromatic carbocycles. The Hall–Kier alpha value is -1.32. The number of methoxy groups -OCH3 is 1. The highest BCUT2D eigenvalue weighted by molar-refractivity contribution is 5.39. The minimum absolute atomic E-state index is 0.544. The Kier molecular flexibility index (Phi) is 4.39. The molecule has 18 heavy (non-hydrogen) atoms. The van der Waals surface area contributed by atoms with Gasteiger partial charge in [-0.1, -0.05) is 26.2 Å². The smallest absolute Gasteiger partial charge is 0.218 e. The summed E-state index contributed by atoms with van der Waals surface area (Å²) in [5.41, 5.74) is 0. The normalized spacial score (nSPS) is 23.7. The van der Waals surface area contributed by atoms with Crippen LogP contribution < -0.4 is 10.1 Å². The molecule has 0 radical (unpaired) electrons. The molecule has 0 spiro atoms. The number of rotatable bonds is 4. The summed E-state index contributed by atoms with van der Waals surface area (Å²) in [6.07, 6.45) is 6.48. The lowest BCUT2D eigenvalue weighted by Gasteiger charge is -2.31. The number of hydrogen-bond acceptors (Lipinski definition) is 4. The molecular formula is C14H23N3O. The Morgan fingerprint density at radius 3 is 2.83 bits per heavy atom. The second kappa shape index (κ2) is 6.03. The molecule has 1 aromatic rings. The van der Waals surface area contributed by atoms with Crippen molar-refractivity contribution < 1.29 is 4.74 Å². The highest BCUT2D eigenvalue weighted by atomic mass is 16.5. The van der Waals surface area contributed by atoms with E-state index in [0.29, 0.717) is 11.9 Å². The Bertz CT molecular complexity index is 395. The number of anilines is 1. The van der Waals surface area contributed by atoms with E-state index in [-0.39, 0.29) is 0 Å². The zero-order chi connectivity index (χ0) is 13.0. The number of hydrogen-bond donors (Lipinski definition) is 1. The van der Waals surface area contributed by atoms with Gasteiger partial charge in [0.15, 0.2) is 0 Å². The summed E-state index contributed by atoms with van der Waals surface area (Å²) >= 11 is 0. The number of nitrogens with one attached hydrogen (secondary N) is 1. The average Bonchev–Trinajstić information content (AvgIpc) is 2.38. The van der Waals surface area contributed by atoms with Gasteiger partial charge in [-0.05, 0) is 25.7 Å². The van der Waals surface area contributed by atoms with Crippen molar-refractivity contribution >= 4 is 5.82 Å². The van der Waals surface area contributed by atoms with Crippen molar-refractivity contribution in [3.05, 3.63) is 11.9 Å². The van der Waals surface area contributed by atoms with Crippen LogP contribution >= 0.6 is 0 Å². The molecule has 100 valence electrons. The van der Waals surface area contributed by atoms with Gasteiger partial charge in [-0.2, -0.15) is 4.98 Å². The van der Waals surface area contributed by atoms with E-state index in [9.17, 15) is 0 Å². The van der Waals surface area contributed by atoms with Gasteiger partial charge in [-0.25, -0.2) is 4.98 Å². The maximum absolute atomic E-state index is 5.19. The standard InChI is InChI=1S/C14H23N3O/c1-4-11-7-5-6-8-12(11)17-13-9-14(18-3)16-10(2)15-13/h9,11-12H,4-8H2,1-3H3,(H,15,16,17). The van der Waals surface area contributed by atoms with Crippen LogP contribution in [-0.2, 0) is 0 Å².